The Morgan fingerprint density at radius 2 is 2.00 bits per heavy atom. The molecule has 0 aromatic heterocycles. The van der Waals surface area contributed by atoms with Crippen LogP contribution in [-0.2, 0) is 0 Å². The van der Waals surface area contributed by atoms with E-state index in [9.17, 15) is 0 Å². The predicted molar refractivity (Wildman–Crippen MR) is 53.3 cm³/mol. The first-order valence-corrected chi connectivity index (χ1v) is 5.02. The fourth-order valence-electron chi connectivity index (χ4n) is 1.43. The molecule has 0 radical (unpaired) electrons. The second kappa shape index (κ2) is 4.24. The topological polar surface area (TPSA) is 24.1 Å². The molecule has 2 nitrogen and oxygen atoms in total. The lowest BCUT2D eigenvalue weighted by molar-refractivity contribution is 0.439. The molecule has 0 aromatic carbocycles. The van der Waals surface area contributed by atoms with Gasteiger partial charge in [-0.25, -0.2) is 0 Å². The summed E-state index contributed by atoms with van der Waals surface area (Å²) in [5, 5.41) is 6.72. The third kappa shape index (κ3) is 3.55. The van der Waals surface area contributed by atoms with E-state index in [2.05, 4.69) is 24.5 Å². The Labute approximate surface area is 76.1 Å². The van der Waals surface area contributed by atoms with Crippen molar-refractivity contribution in [2.24, 2.45) is 11.3 Å². The molecule has 0 bridgehead atoms. The Morgan fingerprint density at radius 3 is 2.50 bits per heavy atom. The second-order valence-electron chi connectivity index (χ2n) is 4.60. The molecule has 12 heavy (non-hydrogen) atoms. The maximum atomic E-state index is 3.53. The third-order valence-corrected chi connectivity index (χ3v) is 2.70. The van der Waals surface area contributed by atoms with Gasteiger partial charge in [0.25, 0.3) is 0 Å². The lowest BCUT2D eigenvalue weighted by Gasteiger charge is -2.14. The van der Waals surface area contributed by atoms with Crippen molar-refractivity contribution in [3.05, 3.63) is 0 Å². The van der Waals surface area contributed by atoms with E-state index in [0.717, 1.165) is 19.0 Å². The van der Waals surface area contributed by atoms with Crippen LogP contribution in [0.15, 0.2) is 0 Å². The molecular weight excluding hydrogens is 148 g/mol. The van der Waals surface area contributed by atoms with Gasteiger partial charge in [0, 0.05) is 6.54 Å². The van der Waals surface area contributed by atoms with Gasteiger partial charge in [0.05, 0.1) is 0 Å². The number of hydrogen-bond acceptors (Lipinski definition) is 2. The summed E-state index contributed by atoms with van der Waals surface area (Å²) in [6.07, 6.45) is 2.83. The van der Waals surface area contributed by atoms with E-state index in [0.29, 0.717) is 5.41 Å². The minimum Gasteiger partial charge on any atom is -0.319 e. The first-order chi connectivity index (χ1) is 5.66. The molecule has 0 aliphatic heterocycles. The van der Waals surface area contributed by atoms with Crippen LogP contribution in [0.2, 0.25) is 0 Å². The average Bonchev–Trinajstić information content (AvgIpc) is 2.69. The van der Waals surface area contributed by atoms with Gasteiger partial charge in [-0.2, -0.15) is 0 Å². The van der Waals surface area contributed by atoms with Crippen molar-refractivity contribution in [3.63, 3.8) is 0 Å². The highest BCUT2D eigenvalue weighted by Crippen LogP contribution is 2.43. The SMILES string of the molecule is CNCC(C)CNCC1(C)CC1. The Kier molecular flexibility index (Phi) is 3.53. The minimum absolute atomic E-state index is 0.652. The highest BCUT2D eigenvalue weighted by molar-refractivity contribution is 4.90. The molecule has 0 heterocycles. The summed E-state index contributed by atoms with van der Waals surface area (Å²) < 4.78 is 0. The molecule has 1 atom stereocenters. The monoisotopic (exact) mass is 170 g/mol. The number of rotatable bonds is 6. The highest BCUT2D eigenvalue weighted by Gasteiger charge is 2.36. The van der Waals surface area contributed by atoms with Crippen molar-refractivity contribution >= 4 is 0 Å². The molecule has 0 spiro atoms. The fraction of sp³-hybridized carbons (Fsp3) is 1.00. The molecule has 0 aromatic rings. The molecule has 0 amide bonds. The molecule has 2 heteroatoms. The molecule has 1 fully saturated rings. The summed E-state index contributed by atoms with van der Waals surface area (Å²) in [4.78, 5) is 0. The molecule has 72 valence electrons. The van der Waals surface area contributed by atoms with Gasteiger partial charge in [-0.3, -0.25) is 0 Å². The van der Waals surface area contributed by atoms with Crippen molar-refractivity contribution in [3.8, 4) is 0 Å². The van der Waals surface area contributed by atoms with Gasteiger partial charge in [0.2, 0.25) is 0 Å². The summed E-state index contributed by atoms with van der Waals surface area (Å²) in [6, 6.07) is 0. The van der Waals surface area contributed by atoms with Gasteiger partial charge in [0.1, 0.15) is 0 Å². The van der Waals surface area contributed by atoms with Gasteiger partial charge in [0.15, 0.2) is 0 Å². The zero-order chi connectivity index (χ0) is 9.03. The van der Waals surface area contributed by atoms with E-state index in [1.165, 1.54) is 19.4 Å². The van der Waals surface area contributed by atoms with Crippen molar-refractivity contribution in [2.45, 2.75) is 26.7 Å². The normalized spacial score (nSPS) is 22.2. The van der Waals surface area contributed by atoms with Crippen LogP contribution in [-0.4, -0.2) is 26.7 Å². The second-order valence-corrected chi connectivity index (χ2v) is 4.60. The van der Waals surface area contributed by atoms with E-state index in [1.54, 1.807) is 0 Å². The lowest BCUT2D eigenvalue weighted by Crippen LogP contribution is -2.31. The van der Waals surface area contributed by atoms with Crippen LogP contribution in [0.5, 0.6) is 0 Å². The van der Waals surface area contributed by atoms with E-state index in [4.69, 9.17) is 0 Å². The lowest BCUT2D eigenvalue weighted by atomic mass is 10.1. The quantitative estimate of drug-likeness (QED) is 0.626. The van der Waals surface area contributed by atoms with Crippen LogP contribution >= 0.6 is 0 Å². The van der Waals surface area contributed by atoms with Crippen molar-refractivity contribution in [1.29, 1.82) is 0 Å². The standard InChI is InChI=1S/C10H22N2/c1-9(6-11-3)7-12-8-10(2)4-5-10/h9,11-12H,4-8H2,1-3H3. The van der Waals surface area contributed by atoms with Crippen LogP contribution in [0.4, 0.5) is 0 Å². The summed E-state index contributed by atoms with van der Waals surface area (Å²) in [7, 11) is 2.01. The average molecular weight is 170 g/mol. The van der Waals surface area contributed by atoms with Gasteiger partial charge in [-0.1, -0.05) is 13.8 Å². The van der Waals surface area contributed by atoms with Gasteiger partial charge >= 0.3 is 0 Å². The Hall–Kier alpha value is -0.0800. The summed E-state index contributed by atoms with van der Waals surface area (Å²) >= 11 is 0. The predicted octanol–water partition coefficient (Wildman–Crippen LogP) is 1.23. The molecule has 1 aliphatic rings. The summed E-state index contributed by atoms with van der Waals surface area (Å²) in [6.45, 7) is 8.11. The maximum absolute atomic E-state index is 3.53. The number of hydrogen-bond donors (Lipinski definition) is 2. The Bertz CT molecular complexity index is 130. The van der Waals surface area contributed by atoms with Crippen LogP contribution < -0.4 is 10.6 Å². The Morgan fingerprint density at radius 1 is 1.33 bits per heavy atom. The molecular formula is C10H22N2. The number of nitrogens with one attached hydrogen (secondary N) is 2. The largest absolute Gasteiger partial charge is 0.319 e. The van der Waals surface area contributed by atoms with Crippen LogP contribution in [0.1, 0.15) is 26.7 Å². The van der Waals surface area contributed by atoms with Crippen LogP contribution in [0.25, 0.3) is 0 Å². The molecule has 1 aliphatic carbocycles. The van der Waals surface area contributed by atoms with E-state index < -0.39 is 0 Å². The molecule has 2 N–H and O–H groups in total. The first kappa shape index (κ1) is 10.0. The molecule has 1 unspecified atom stereocenters. The van der Waals surface area contributed by atoms with Crippen LogP contribution in [0, 0.1) is 11.3 Å². The smallest absolute Gasteiger partial charge is 0.000529 e. The van der Waals surface area contributed by atoms with Gasteiger partial charge in [-0.05, 0) is 44.3 Å². The molecule has 1 saturated carbocycles. The Balaban J connectivity index is 1.94. The first-order valence-electron chi connectivity index (χ1n) is 5.02. The fourth-order valence-corrected chi connectivity index (χ4v) is 1.43. The molecule has 1 rings (SSSR count). The maximum Gasteiger partial charge on any atom is 0.000529 e. The van der Waals surface area contributed by atoms with E-state index in [1.807, 2.05) is 7.05 Å². The summed E-state index contributed by atoms with van der Waals surface area (Å²) in [5.41, 5.74) is 0.652. The van der Waals surface area contributed by atoms with Gasteiger partial charge in [-0.15, -0.1) is 0 Å². The van der Waals surface area contributed by atoms with Crippen molar-refractivity contribution in [2.75, 3.05) is 26.7 Å². The van der Waals surface area contributed by atoms with E-state index >= 15 is 0 Å². The zero-order valence-corrected chi connectivity index (χ0v) is 8.61. The van der Waals surface area contributed by atoms with E-state index in [-0.39, 0.29) is 0 Å². The summed E-state index contributed by atoms with van der Waals surface area (Å²) in [5.74, 6) is 0.748. The highest BCUT2D eigenvalue weighted by atomic mass is 14.9. The van der Waals surface area contributed by atoms with Crippen molar-refractivity contribution in [1.82, 2.24) is 10.6 Å². The zero-order valence-electron chi connectivity index (χ0n) is 8.61. The minimum atomic E-state index is 0.652. The van der Waals surface area contributed by atoms with Crippen LogP contribution in [0.3, 0.4) is 0 Å². The third-order valence-electron chi connectivity index (χ3n) is 2.70. The van der Waals surface area contributed by atoms with Crippen molar-refractivity contribution < 1.29 is 0 Å². The molecule has 0 saturated heterocycles. The van der Waals surface area contributed by atoms with Gasteiger partial charge < -0.3 is 10.6 Å².